The normalized spacial score (nSPS) is 15.7. The number of nitrogens with one attached hydrogen (secondary N) is 1. The van der Waals surface area contributed by atoms with E-state index in [1.807, 2.05) is 30.0 Å². The van der Waals surface area contributed by atoms with Gasteiger partial charge in [-0.25, -0.2) is 4.99 Å². The van der Waals surface area contributed by atoms with Crippen LogP contribution in [0.25, 0.3) is 0 Å². The van der Waals surface area contributed by atoms with Gasteiger partial charge in [-0.1, -0.05) is 33.6 Å². The third-order valence-electron chi connectivity index (χ3n) is 3.77. The molecule has 1 aromatic carbocycles. The Morgan fingerprint density at radius 2 is 1.96 bits per heavy atom. The summed E-state index contributed by atoms with van der Waals surface area (Å²) in [4.78, 5) is 20.2. The van der Waals surface area contributed by atoms with E-state index in [0.29, 0.717) is 11.6 Å². The lowest BCUT2D eigenvalue weighted by molar-refractivity contribution is -0.130. The van der Waals surface area contributed by atoms with Crippen molar-refractivity contribution in [1.29, 1.82) is 0 Å². The standard InChI is InChI=1S/C16H22BrClN4O/c1-3-19-16(22-8-6-21(7-9-22)12(2)23)20-11-13-4-5-14(17)10-15(13)18/h4-5,10H,3,6-9,11H2,1-2H3,(H,19,20). The minimum atomic E-state index is 0.133. The molecule has 0 bridgehead atoms. The molecule has 1 fully saturated rings. The van der Waals surface area contributed by atoms with Crippen LogP contribution in [0.15, 0.2) is 27.7 Å². The van der Waals surface area contributed by atoms with Crippen molar-refractivity contribution in [3.05, 3.63) is 33.3 Å². The van der Waals surface area contributed by atoms with E-state index in [9.17, 15) is 4.79 Å². The SMILES string of the molecule is CCNC(=NCc1ccc(Br)cc1Cl)N1CCN(C(C)=O)CC1. The minimum Gasteiger partial charge on any atom is -0.357 e. The maximum atomic E-state index is 11.4. The number of piperazine rings is 1. The van der Waals surface area contributed by atoms with E-state index in [1.165, 1.54) is 0 Å². The lowest BCUT2D eigenvalue weighted by atomic mass is 10.2. The summed E-state index contributed by atoms with van der Waals surface area (Å²) >= 11 is 9.66. The molecular weight excluding hydrogens is 380 g/mol. The Balaban J connectivity index is 2.04. The number of rotatable bonds is 3. The molecule has 1 saturated heterocycles. The first-order chi connectivity index (χ1) is 11.0. The van der Waals surface area contributed by atoms with Crippen LogP contribution in [0.3, 0.4) is 0 Å². The molecule has 0 saturated carbocycles. The molecule has 0 unspecified atom stereocenters. The van der Waals surface area contributed by atoms with Gasteiger partial charge in [0.25, 0.3) is 0 Å². The van der Waals surface area contributed by atoms with Gasteiger partial charge >= 0.3 is 0 Å². The number of guanidine groups is 1. The van der Waals surface area contributed by atoms with E-state index < -0.39 is 0 Å². The first kappa shape index (κ1) is 18.1. The lowest BCUT2D eigenvalue weighted by Crippen LogP contribution is -2.53. The summed E-state index contributed by atoms with van der Waals surface area (Å²) in [6.07, 6.45) is 0. The number of halogens is 2. The number of hydrogen-bond donors (Lipinski definition) is 1. The number of hydrogen-bond acceptors (Lipinski definition) is 2. The minimum absolute atomic E-state index is 0.133. The molecule has 0 atom stereocenters. The van der Waals surface area contributed by atoms with Crippen molar-refractivity contribution < 1.29 is 4.79 Å². The molecule has 1 heterocycles. The van der Waals surface area contributed by atoms with Crippen molar-refractivity contribution in [1.82, 2.24) is 15.1 Å². The van der Waals surface area contributed by atoms with Crippen LogP contribution in [-0.2, 0) is 11.3 Å². The van der Waals surface area contributed by atoms with E-state index in [2.05, 4.69) is 26.1 Å². The number of aliphatic imine (C=N–C) groups is 1. The molecule has 1 amide bonds. The van der Waals surface area contributed by atoms with E-state index in [-0.39, 0.29) is 5.91 Å². The van der Waals surface area contributed by atoms with Gasteiger partial charge < -0.3 is 15.1 Å². The Hall–Kier alpha value is -1.27. The van der Waals surface area contributed by atoms with Crippen LogP contribution in [0.2, 0.25) is 5.02 Å². The van der Waals surface area contributed by atoms with Gasteiger partial charge in [0.05, 0.1) is 6.54 Å². The third kappa shape index (κ3) is 5.11. The molecule has 0 aliphatic carbocycles. The second kappa shape index (κ2) is 8.55. The van der Waals surface area contributed by atoms with Crippen LogP contribution in [0.4, 0.5) is 0 Å². The van der Waals surface area contributed by atoms with Gasteiger partial charge in [-0.15, -0.1) is 0 Å². The highest BCUT2D eigenvalue weighted by Crippen LogP contribution is 2.22. The van der Waals surface area contributed by atoms with E-state index in [0.717, 1.165) is 48.7 Å². The number of carbonyl (C=O) groups excluding carboxylic acids is 1. The maximum absolute atomic E-state index is 11.4. The van der Waals surface area contributed by atoms with Gasteiger partial charge in [0.2, 0.25) is 5.91 Å². The number of benzene rings is 1. The van der Waals surface area contributed by atoms with Crippen LogP contribution >= 0.6 is 27.5 Å². The summed E-state index contributed by atoms with van der Waals surface area (Å²) in [5.41, 5.74) is 0.993. The highest BCUT2D eigenvalue weighted by molar-refractivity contribution is 9.10. The van der Waals surface area contributed by atoms with Gasteiger partial charge in [0.1, 0.15) is 0 Å². The molecule has 0 aromatic heterocycles. The Morgan fingerprint density at radius 1 is 1.30 bits per heavy atom. The first-order valence-electron chi connectivity index (χ1n) is 7.74. The number of carbonyl (C=O) groups is 1. The molecule has 5 nitrogen and oxygen atoms in total. The van der Waals surface area contributed by atoms with Crippen LogP contribution in [-0.4, -0.2) is 54.4 Å². The van der Waals surface area contributed by atoms with Crippen LogP contribution < -0.4 is 5.32 Å². The zero-order valence-corrected chi connectivity index (χ0v) is 15.8. The molecule has 2 rings (SSSR count). The Bertz CT molecular complexity index is 585. The molecule has 1 aliphatic heterocycles. The monoisotopic (exact) mass is 400 g/mol. The van der Waals surface area contributed by atoms with Crippen molar-refractivity contribution in [3.8, 4) is 0 Å². The fourth-order valence-electron chi connectivity index (χ4n) is 2.47. The van der Waals surface area contributed by atoms with Crippen LogP contribution in [0.5, 0.6) is 0 Å². The van der Waals surface area contributed by atoms with Crippen molar-refractivity contribution >= 4 is 39.4 Å². The molecule has 1 aromatic rings. The van der Waals surface area contributed by atoms with Crippen molar-refractivity contribution in [2.45, 2.75) is 20.4 Å². The van der Waals surface area contributed by atoms with Gasteiger partial charge in [-0.3, -0.25) is 4.79 Å². The number of nitrogens with zero attached hydrogens (tertiary/aromatic N) is 3. The average molecular weight is 402 g/mol. The Kier molecular flexibility index (Phi) is 6.72. The fraction of sp³-hybridized carbons (Fsp3) is 0.500. The maximum Gasteiger partial charge on any atom is 0.219 e. The number of amides is 1. The second-order valence-electron chi connectivity index (χ2n) is 5.40. The van der Waals surface area contributed by atoms with Crippen molar-refractivity contribution in [3.63, 3.8) is 0 Å². The van der Waals surface area contributed by atoms with Crippen LogP contribution in [0, 0.1) is 0 Å². The molecule has 0 radical (unpaired) electrons. The topological polar surface area (TPSA) is 47.9 Å². The highest BCUT2D eigenvalue weighted by Gasteiger charge is 2.20. The van der Waals surface area contributed by atoms with Crippen molar-refractivity contribution in [2.75, 3.05) is 32.7 Å². The summed E-state index contributed by atoms with van der Waals surface area (Å²) in [6, 6.07) is 5.83. The van der Waals surface area contributed by atoms with Gasteiger partial charge in [-0.05, 0) is 24.6 Å². The second-order valence-corrected chi connectivity index (χ2v) is 6.72. The van der Waals surface area contributed by atoms with Crippen LogP contribution in [0.1, 0.15) is 19.4 Å². The predicted octanol–water partition coefficient (Wildman–Crippen LogP) is 2.73. The molecule has 0 spiro atoms. The third-order valence-corrected chi connectivity index (χ3v) is 4.62. The smallest absolute Gasteiger partial charge is 0.219 e. The molecular formula is C16H22BrClN4O. The Labute approximate surface area is 150 Å². The predicted molar refractivity (Wildman–Crippen MR) is 97.8 cm³/mol. The summed E-state index contributed by atoms with van der Waals surface area (Å²) in [7, 11) is 0. The summed E-state index contributed by atoms with van der Waals surface area (Å²) in [6.45, 7) is 8.05. The quantitative estimate of drug-likeness (QED) is 0.626. The van der Waals surface area contributed by atoms with Crippen molar-refractivity contribution in [2.24, 2.45) is 4.99 Å². The first-order valence-corrected chi connectivity index (χ1v) is 8.91. The average Bonchev–Trinajstić information content (AvgIpc) is 2.53. The molecule has 23 heavy (non-hydrogen) atoms. The zero-order valence-electron chi connectivity index (χ0n) is 13.5. The molecule has 126 valence electrons. The molecule has 7 heteroatoms. The van der Waals surface area contributed by atoms with E-state index >= 15 is 0 Å². The fourth-order valence-corrected chi connectivity index (χ4v) is 3.20. The summed E-state index contributed by atoms with van der Waals surface area (Å²) in [5.74, 6) is 1.00. The van der Waals surface area contributed by atoms with Gasteiger partial charge in [-0.2, -0.15) is 0 Å². The molecule has 1 N–H and O–H groups in total. The lowest BCUT2D eigenvalue weighted by Gasteiger charge is -2.36. The Morgan fingerprint density at radius 3 is 2.52 bits per heavy atom. The summed E-state index contributed by atoms with van der Waals surface area (Å²) < 4.78 is 0.961. The summed E-state index contributed by atoms with van der Waals surface area (Å²) in [5, 5.41) is 4.03. The largest absolute Gasteiger partial charge is 0.357 e. The van der Waals surface area contributed by atoms with Gasteiger partial charge in [0, 0.05) is 49.1 Å². The van der Waals surface area contributed by atoms with E-state index in [1.54, 1.807) is 6.92 Å². The van der Waals surface area contributed by atoms with Gasteiger partial charge in [0.15, 0.2) is 5.96 Å². The zero-order chi connectivity index (χ0) is 16.8. The molecule has 1 aliphatic rings. The van der Waals surface area contributed by atoms with E-state index in [4.69, 9.17) is 16.6 Å². The highest BCUT2D eigenvalue weighted by atomic mass is 79.9.